The summed E-state index contributed by atoms with van der Waals surface area (Å²) in [5.41, 5.74) is -1.75. The topological polar surface area (TPSA) is 133 Å². The van der Waals surface area contributed by atoms with Crippen LogP contribution in [-0.4, -0.2) is 88.1 Å². The number of rotatable bonds is 8. The molecule has 222 valence electrons. The zero-order valence-corrected chi connectivity index (χ0v) is 23.6. The van der Waals surface area contributed by atoms with E-state index in [-0.39, 0.29) is 26.2 Å². The van der Waals surface area contributed by atoms with Crippen molar-refractivity contribution in [3.63, 3.8) is 0 Å². The Labute approximate surface area is 238 Å². The van der Waals surface area contributed by atoms with Crippen LogP contribution in [0, 0.1) is 0 Å². The smallest absolute Gasteiger partial charge is 0.412 e. The zero-order valence-electron chi connectivity index (χ0n) is 23.6. The second-order valence-electron chi connectivity index (χ2n) is 11.5. The number of ether oxygens (including phenoxy) is 6. The number of nitrogens with zero attached hydrogens (tertiary/aromatic N) is 1. The van der Waals surface area contributed by atoms with Crippen LogP contribution in [-0.2, 0) is 35.0 Å². The first-order valence-corrected chi connectivity index (χ1v) is 13.7. The Bertz CT molecular complexity index is 1220. The van der Waals surface area contributed by atoms with Gasteiger partial charge < -0.3 is 38.6 Å². The molecule has 1 amide bonds. The highest BCUT2D eigenvalue weighted by Crippen LogP contribution is 2.46. The quantitative estimate of drug-likeness (QED) is 0.456. The van der Waals surface area contributed by atoms with E-state index in [9.17, 15) is 19.8 Å². The molecular weight excluding hydrogens is 534 g/mol. The van der Waals surface area contributed by atoms with Gasteiger partial charge in [0.2, 0.25) is 0 Å². The highest BCUT2D eigenvalue weighted by Gasteiger charge is 2.64. The molecule has 0 spiro atoms. The minimum Gasteiger partial charge on any atom is -0.459 e. The highest BCUT2D eigenvalue weighted by molar-refractivity contribution is 5.89. The summed E-state index contributed by atoms with van der Waals surface area (Å²) < 4.78 is 34.7. The number of hydrogen-bond donors (Lipinski definition) is 2. The summed E-state index contributed by atoms with van der Waals surface area (Å²) in [5, 5.41) is 23.5. The summed E-state index contributed by atoms with van der Waals surface area (Å²) in [6.45, 7) is 6.53. The van der Waals surface area contributed by atoms with E-state index in [0.29, 0.717) is 5.56 Å². The van der Waals surface area contributed by atoms with Crippen LogP contribution in [0.5, 0.6) is 0 Å². The van der Waals surface area contributed by atoms with Gasteiger partial charge in [-0.1, -0.05) is 48.5 Å². The normalized spacial score (nSPS) is 30.5. The summed E-state index contributed by atoms with van der Waals surface area (Å²) in [6, 6.07) is 16.8. The molecule has 5 rings (SSSR count). The second kappa shape index (κ2) is 11.3. The molecule has 2 aromatic rings. The molecule has 3 heterocycles. The van der Waals surface area contributed by atoms with Gasteiger partial charge in [0.15, 0.2) is 12.1 Å². The first-order valence-electron chi connectivity index (χ1n) is 13.7. The lowest BCUT2D eigenvalue weighted by Crippen LogP contribution is -2.57. The minimum atomic E-state index is -1.83. The van der Waals surface area contributed by atoms with E-state index in [4.69, 9.17) is 28.4 Å². The first kappa shape index (κ1) is 29.4. The maximum atomic E-state index is 13.2. The Morgan fingerprint density at radius 2 is 1.66 bits per heavy atom. The number of benzene rings is 2. The van der Waals surface area contributed by atoms with Gasteiger partial charge in [-0.3, -0.25) is 4.90 Å². The number of amides is 1. The van der Waals surface area contributed by atoms with E-state index in [1.54, 1.807) is 58.0 Å². The standard InChI is InChI=1S/C30H37NO10/c1-28(2)31(27(34)37-16-19-11-7-5-8-12-19)21(17-38-28)22(32)15-30(35)23(39-26-24(30)40-29(3,4)41-26)18-36-25(33)20-13-9-6-10-14-20/h5-14,21-24,26,32,35H,15-18H2,1-4H3/t21-,22+,23+,24+,26-,30-/m1/s1. The molecular formula is C30H37NO10. The van der Waals surface area contributed by atoms with Gasteiger partial charge in [-0.05, 0) is 45.4 Å². The van der Waals surface area contributed by atoms with Gasteiger partial charge in [0.1, 0.15) is 36.7 Å². The van der Waals surface area contributed by atoms with Crippen LogP contribution in [0.25, 0.3) is 0 Å². The SMILES string of the molecule is CC1(C)O[C@H]2O[C@@H](COC(=O)c3ccccc3)[C@](O)(C[C@H](O)[C@H]3COC(C)(C)N3C(=O)OCc3ccccc3)[C@H]2O1. The fourth-order valence-corrected chi connectivity index (χ4v) is 5.60. The van der Waals surface area contributed by atoms with Crippen molar-refractivity contribution in [2.75, 3.05) is 13.2 Å². The van der Waals surface area contributed by atoms with Crippen molar-refractivity contribution < 1.29 is 48.2 Å². The second-order valence-corrected chi connectivity index (χ2v) is 11.5. The fourth-order valence-electron chi connectivity index (χ4n) is 5.60. The molecule has 3 aliphatic heterocycles. The summed E-state index contributed by atoms with van der Waals surface area (Å²) in [5.74, 6) is -1.64. The predicted molar refractivity (Wildman–Crippen MR) is 143 cm³/mol. The molecule has 2 N–H and O–H groups in total. The average Bonchev–Trinajstić information content (AvgIpc) is 3.52. The van der Waals surface area contributed by atoms with E-state index >= 15 is 0 Å². The summed E-state index contributed by atoms with van der Waals surface area (Å²) >= 11 is 0. The number of aliphatic hydroxyl groups excluding tert-OH is 1. The van der Waals surface area contributed by atoms with Crippen LogP contribution < -0.4 is 0 Å². The molecule has 0 saturated carbocycles. The van der Waals surface area contributed by atoms with E-state index in [1.807, 2.05) is 30.3 Å². The van der Waals surface area contributed by atoms with Crippen molar-refractivity contribution in [1.82, 2.24) is 4.90 Å². The Morgan fingerprint density at radius 3 is 2.34 bits per heavy atom. The third-order valence-electron chi connectivity index (χ3n) is 7.68. The Morgan fingerprint density at radius 1 is 1.00 bits per heavy atom. The van der Waals surface area contributed by atoms with Crippen molar-refractivity contribution in [1.29, 1.82) is 0 Å². The first-order chi connectivity index (χ1) is 19.4. The van der Waals surface area contributed by atoms with Crippen molar-refractivity contribution in [2.24, 2.45) is 0 Å². The molecule has 6 atom stereocenters. The van der Waals surface area contributed by atoms with Gasteiger partial charge in [0, 0.05) is 6.42 Å². The molecule has 3 saturated heterocycles. The average molecular weight is 572 g/mol. The molecule has 41 heavy (non-hydrogen) atoms. The van der Waals surface area contributed by atoms with E-state index < -0.39 is 59.8 Å². The summed E-state index contributed by atoms with van der Waals surface area (Å²) in [6.07, 6.45) is -5.25. The molecule has 11 nitrogen and oxygen atoms in total. The minimum absolute atomic E-state index is 0.0101. The van der Waals surface area contributed by atoms with E-state index in [0.717, 1.165) is 5.56 Å². The van der Waals surface area contributed by atoms with Crippen molar-refractivity contribution in [3.8, 4) is 0 Å². The van der Waals surface area contributed by atoms with Gasteiger partial charge in [-0.25, -0.2) is 9.59 Å². The summed E-state index contributed by atoms with van der Waals surface area (Å²) in [7, 11) is 0. The van der Waals surface area contributed by atoms with Gasteiger partial charge in [0.05, 0.1) is 24.3 Å². The Kier molecular flexibility index (Phi) is 8.12. The van der Waals surface area contributed by atoms with Crippen LogP contribution in [0.4, 0.5) is 4.79 Å². The van der Waals surface area contributed by atoms with Crippen LogP contribution in [0.3, 0.4) is 0 Å². The van der Waals surface area contributed by atoms with E-state index in [2.05, 4.69) is 0 Å². The molecule has 2 aromatic carbocycles. The predicted octanol–water partition coefficient (Wildman–Crippen LogP) is 2.98. The lowest BCUT2D eigenvalue weighted by Gasteiger charge is -2.38. The highest BCUT2D eigenvalue weighted by atomic mass is 16.8. The number of carbonyl (C=O) groups is 2. The number of aliphatic hydroxyl groups is 2. The van der Waals surface area contributed by atoms with Gasteiger partial charge >= 0.3 is 12.1 Å². The van der Waals surface area contributed by atoms with Crippen molar-refractivity contribution in [2.45, 2.75) is 88.5 Å². The number of hydrogen-bond acceptors (Lipinski definition) is 10. The number of carbonyl (C=O) groups excluding carboxylic acids is 2. The lowest BCUT2D eigenvalue weighted by atomic mass is 9.84. The molecule has 3 fully saturated rings. The molecule has 0 radical (unpaired) electrons. The van der Waals surface area contributed by atoms with Crippen molar-refractivity contribution in [3.05, 3.63) is 71.8 Å². The Hall–Kier alpha value is -3.06. The van der Waals surface area contributed by atoms with E-state index in [1.165, 1.54) is 4.90 Å². The Balaban J connectivity index is 1.31. The third kappa shape index (κ3) is 6.11. The molecule has 3 aliphatic rings. The zero-order chi connectivity index (χ0) is 29.4. The lowest BCUT2D eigenvalue weighted by molar-refractivity contribution is -0.237. The monoisotopic (exact) mass is 571 g/mol. The number of fused-ring (bicyclic) bond motifs is 1. The molecule has 0 unspecified atom stereocenters. The maximum absolute atomic E-state index is 13.2. The van der Waals surface area contributed by atoms with Gasteiger partial charge in [-0.2, -0.15) is 0 Å². The summed E-state index contributed by atoms with van der Waals surface area (Å²) in [4.78, 5) is 27.2. The largest absolute Gasteiger partial charge is 0.459 e. The third-order valence-corrected chi connectivity index (χ3v) is 7.68. The van der Waals surface area contributed by atoms with Crippen LogP contribution >= 0.6 is 0 Å². The van der Waals surface area contributed by atoms with Gasteiger partial charge in [0.25, 0.3) is 0 Å². The molecule has 11 heteroatoms. The molecule has 0 aliphatic carbocycles. The van der Waals surface area contributed by atoms with Crippen molar-refractivity contribution >= 4 is 12.1 Å². The van der Waals surface area contributed by atoms with Gasteiger partial charge in [-0.15, -0.1) is 0 Å². The maximum Gasteiger partial charge on any atom is 0.412 e. The van der Waals surface area contributed by atoms with Crippen LogP contribution in [0.2, 0.25) is 0 Å². The molecule has 0 bridgehead atoms. The fraction of sp³-hybridized carbons (Fsp3) is 0.533. The molecule has 0 aromatic heterocycles. The van der Waals surface area contributed by atoms with Crippen LogP contribution in [0.15, 0.2) is 60.7 Å². The van der Waals surface area contributed by atoms with Crippen LogP contribution in [0.1, 0.15) is 50.0 Å². The number of esters is 1.